The molecule has 3 aromatic rings. The Morgan fingerprint density at radius 1 is 0.889 bits per heavy atom. The highest BCUT2D eigenvalue weighted by Crippen LogP contribution is 2.29. The minimum absolute atomic E-state index is 0.145. The van der Waals surface area contributed by atoms with Crippen LogP contribution in [0.2, 0.25) is 0 Å². The molecule has 0 unspecified atom stereocenters. The summed E-state index contributed by atoms with van der Waals surface area (Å²) >= 11 is 0. The van der Waals surface area contributed by atoms with Crippen molar-refractivity contribution < 1.29 is 18.3 Å². The van der Waals surface area contributed by atoms with E-state index in [1.807, 2.05) is 0 Å². The van der Waals surface area contributed by atoms with Gasteiger partial charge in [0.05, 0.1) is 0 Å². The van der Waals surface area contributed by atoms with Crippen molar-refractivity contribution >= 4 is 11.0 Å². The SMILES string of the molecule is Oc1ccc(-c2cc3cc(F)c(F)cc3o2)cc1. The molecule has 18 heavy (non-hydrogen) atoms. The predicted molar refractivity (Wildman–Crippen MR) is 63.2 cm³/mol. The minimum Gasteiger partial charge on any atom is -0.508 e. The lowest BCUT2D eigenvalue weighted by Gasteiger charge is -1.96. The number of hydrogen-bond acceptors (Lipinski definition) is 2. The Balaban J connectivity index is 2.16. The number of phenolic OH excluding ortho intramolecular Hbond substituents is 1. The highest BCUT2D eigenvalue weighted by atomic mass is 19.2. The van der Waals surface area contributed by atoms with Crippen LogP contribution < -0.4 is 0 Å². The van der Waals surface area contributed by atoms with Crippen molar-refractivity contribution in [3.8, 4) is 17.1 Å². The van der Waals surface area contributed by atoms with Gasteiger partial charge < -0.3 is 9.52 Å². The number of rotatable bonds is 1. The van der Waals surface area contributed by atoms with Gasteiger partial charge in [0.15, 0.2) is 11.6 Å². The third-order valence-electron chi connectivity index (χ3n) is 2.71. The van der Waals surface area contributed by atoms with Gasteiger partial charge in [-0.2, -0.15) is 0 Å². The molecule has 3 rings (SSSR count). The molecule has 2 aromatic carbocycles. The molecule has 90 valence electrons. The van der Waals surface area contributed by atoms with Gasteiger partial charge in [0.1, 0.15) is 17.1 Å². The summed E-state index contributed by atoms with van der Waals surface area (Å²) in [6.45, 7) is 0. The van der Waals surface area contributed by atoms with Crippen LogP contribution in [-0.2, 0) is 0 Å². The second-order valence-corrected chi connectivity index (χ2v) is 3.96. The first-order valence-electron chi connectivity index (χ1n) is 5.31. The lowest BCUT2D eigenvalue weighted by Crippen LogP contribution is -1.80. The van der Waals surface area contributed by atoms with Gasteiger partial charge in [0.2, 0.25) is 0 Å². The van der Waals surface area contributed by atoms with E-state index in [9.17, 15) is 13.9 Å². The molecule has 1 N–H and O–H groups in total. The Labute approximate surface area is 101 Å². The first-order valence-corrected chi connectivity index (χ1v) is 5.31. The Morgan fingerprint density at radius 3 is 2.28 bits per heavy atom. The standard InChI is InChI=1S/C14H8F2O2/c15-11-5-9-6-13(18-14(9)7-12(11)16)8-1-3-10(17)4-2-8/h1-7,17H. The number of fused-ring (bicyclic) bond motifs is 1. The highest BCUT2D eigenvalue weighted by Gasteiger charge is 2.10. The summed E-state index contributed by atoms with van der Waals surface area (Å²) in [5, 5.41) is 9.68. The zero-order valence-electron chi connectivity index (χ0n) is 9.15. The molecule has 0 atom stereocenters. The fourth-order valence-electron chi connectivity index (χ4n) is 1.80. The van der Waals surface area contributed by atoms with Crippen molar-refractivity contribution in [2.75, 3.05) is 0 Å². The van der Waals surface area contributed by atoms with Crippen molar-refractivity contribution in [1.29, 1.82) is 0 Å². The Morgan fingerprint density at radius 2 is 1.56 bits per heavy atom. The lowest BCUT2D eigenvalue weighted by molar-refractivity contribution is 0.475. The first-order chi connectivity index (χ1) is 8.63. The van der Waals surface area contributed by atoms with Gasteiger partial charge >= 0.3 is 0 Å². The molecule has 0 fully saturated rings. The van der Waals surface area contributed by atoms with E-state index in [0.29, 0.717) is 11.1 Å². The molecule has 0 bridgehead atoms. The summed E-state index contributed by atoms with van der Waals surface area (Å²) < 4.78 is 31.6. The topological polar surface area (TPSA) is 33.4 Å². The second-order valence-electron chi connectivity index (χ2n) is 3.96. The van der Waals surface area contributed by atoms with Crippen molar-refractivity contribution in [1.82, 2.24) is 0 Å². The minimum atomic E-state index is -0.936. The van der Waals surface area contributed by atoms with Gasteiger partial charge in [0, 0.05) is 17.0 Å². The molecule has 2 nitrogen and oxygen atoms in total. The van der Waals surface area contributed by atoms with Crippen LogP contribution in [0.25, 0.3) is 22.3 Å². The van der Waals surface area contributed by atoms with E-state index >= 15 is 0 Å². The van der Waals surface area contributed by atoms with Gasteiger partial charge in [-0.1, -0.05) is 0 Å². The second kappa shape index (κ2) is 3.84. The molecular weight excluding hydrogens is 238 g/mol. The largest absolute Gasteiger partial charge is 0.508 e. The summed E-state index contributed by atoms with van der Waals surface area (Å²) in [7, 11) is 0. The number of furan rings is 1. The molecule has 0 amide bonds. The molecule has 1 aromatic heterocycles. The van der Waals surface area contributed by atoms with E-state index in [0.717, 1.165) is 17.7 Å². The van der Waals surface area contributed by atoms with E-state index < -0.39 is 11.6 Å². The van der Waals surface area contributed by atoms with Gasteiger partial charge in [0.25, 0.3) is 0 Å². The van der Waals surface area contributed by atoms with Crippen LogP contribution in [0, 0.1) is 11.6 Å². The van der Waals surface area contributed by atoms with E-state index in [1.165, 1.54) is 12.1 Å². The predicted octanol–water partition coefficient (Wildman–Crippen LogP) is 4.08. The summed E-state index contributed by atoms with van der Waals surface area (Å²) in [6.07, 6.45) is 0. The van der Waals surface area contributed by atoms with E-state index in [1.54, 1.807) is 18.2 Å². The number of hydrogen-bond donors (Lipinski definition) is 1. The van der Waals surface area contributed by atoms with E-state index in [-0.39, 0.29) is 11.3 Å². The van der Waals surface area contributed by atoms with Gasteiger partial charge in [-0.05, 0) is 36.4 Å². The van der Waals surface area contributed by atoms with Crippen LogP contribution in [0.3, 0.4) is 0 Å². The van der Waals surface area contributed by atoms with Crippen molar-refractivity contribution in [2.24, 2.45) is 0 Å². The zero-order chi connectivity index (χ0) is 12.7. The zero-order valence-corrected chi connectivity index (χ0v) is 9.15. The molecule has 0 aliphatic heterocycles. The van der Waals surface area contributed by atoms with E-state index in [2.05, 4.69) is 0 Å². The first kappa shape index (κ1) is 10.8. The smallest absolute Gasteiger partial charge is 0.162 e. The highest BCUT2D eigenvalue weighted by molar-refractivity contribution is 5.83. The van der Waals surface area contributed by atoms with Crippen LogP contribution in [0.4, 0.5) is 8.78 Å². The monoisotopic (exact) mass is 246 g/mol. The van der Waals surface area contributed by atoms with Crippen LogP contribution in [0.15, 0.2) is 46.9 Å². The fourth-order valence-corrected chi connectivity index (χ4v) is 1.80. The summed E-state index contributed by atoms with van der Waals surface area (Å²) in [6, 6.07) is 10.1. The Bertz CT molecular complexity index is 675. The van der Waals surface area contributed by atoms with Crippen LogP contribution >= 0.6 is 0 Å². The summed E-state index contributed by atoms with van der Waals surface area (Å²) in [5.41, 5.74) is 1.02. The molecule has 4 heteroatoms. The van der Waals surface area contributed by atoms with E-state index in [4.69, 9.17) is 4.42 Å². The summed E-state index contributed by atoms with van der Waals surface area (Å²) in [4.78, 5) is 0. The number of phenols is 1. The molecule has 1 heterocycles. The maximum atomic E-state index is 13.1. The third kappa shape index (κ3) is 1.72. The number of halogens is 2. The third-order valence-corrected chi connectivity index (χ3v) is 2.71. The normalized spacial score (nSPS) is 11.0. The molecule has 0 aliphatic carbocycles. The lowest BCUT2D eigenvalue weighted by atomic mass is 10.1. The maximum Gasteiger partial charge on any atom is 0.162 e. The number of aromatic hydroxyl groups is 1. The van der Waals surface area contributed by atoms with Gasteiger partial charge in [-0.15, -0.1) is 0 Å². The molecular formula is C14H8F2O2. The van der Waals surface area contributed by atoms with Gasteiger partial charge in [-0.3, -0.25) is 0 Å². The van der Waals surface area contributed by atoms with Crippen molar-refractivity contribution in [3.05, 3.63) is 54.1 Å². The average Bonchev–Trinajstić information content (AvgIpc) is 2.73. The van der Waals surface area contributed by atoms with Crippen molar-refractivity contribution in [2.45, 2.75) is 0 Å². The van der Waals surface area contributed by atoms with Crippen molar-refractivity contribution in [3.63, 3.8) is 0 Å². The average molecular weight is 246 g/mol. The van der Waals surface area contributed by atoms with Gasteiger partial charge in [-0.25, -0.2) is 8.78 Å². The molecule has 0 spiro atoms. The maximum absolute atomic E-state index is 13.1. The Kier molecular flexibility index (Phi) is 2.30. The van der Waals surface area contributed by atoms with Crippen LogP contribution in [0.5, 0.6) is 5.75 Å². The number of benzene rings is 2. The molecule has 0 radical (unpaired) electrons. The quantitative estimate of drug-likeness (QED) is 0.701. The van der Waals surface area contributed by atoms with Crippen LogP contribution in [0.1, 0.15) is 0 Å². The fraction of sp³-hybridized carbons (Fsp3) is 0. The molecule has 0 saturated heterocycles. The molecule has 0 saturated carbocycles. The Hall–Kier alpha value is -2.36. The summed E-state index contributed by atoms with van der Waals surface area (Å²) in [5.74, 6) is -1.20. The van der Waals surface area contributed by atoms with Crippen LogP contribution in [-0.4, -0.2) is 5.11 Å². The molecule has 0 aliphatic rings.